The third-order valence-corrected chi connectivity index (χ3v) is 4.28. The van der Waals surface area contributed by atoms with Crippen molar-refractivity contribution in [3.8, 4) is 0 Å². The molecule has 7 nitrogen and oxygen atoms in total. The molecule has 1 aromatic heterocycles. The standard InChI is InChI=1S/C21H26N2O5/c1-12(2)8-19(24)22-18-7-6-15(9-13(18)3)20(25)23(5)11-16-10-17(21(26)27)14(4)28-16/h6-7,9-10,12H,8,11H2,1-5H3,(H,22,24)(H,26,27). The number of nitrogens with zero attached hydrogens (tertiary/aromatic N) is 1. The summed E-state index contributed by atoms with van der Waals surface area (Å²) in [7, 11) is 1.62. The summed E-state index contributed by atoms with van der Waals surface area (Å²) in [5.74, 6) is -0.375. The number of carbonyl (C=O) groups is 3. The van der Waals surface area contributed by atoms with Crippen LogP contribution in [0.15, 0.2) is 28.7 Å². The largest absolute Gasteiger partial charge is 0.478 e. The van der Waals surface area contributed by atoms with Crippen LogP contribution in [-0.4, -0.2) is 34.8 Å². The van der Waals surface area contributed by atoms with E-state index in [0.29, 0.717) is 29.2 Å². The van der Waals surface area contributed by atoms with E-state index >= 15 is 0 Å². The SMILES string of the molecule is Cc1cc(C(=O)N(C)Cc2cc(C(=O)O)c(C)o2)ccc1NC(=O)CC(C)C. The third-order valence-electron chi connectivity index (χ3n) is 4.28. The van der Waals surface area contributed by atoms with Gasteiger partial charge in [0.05, 0.1) is 6.54 Å². The van der Waals surface area contributed by atoms with Crippen LogP contribution in [0.3, 0.4) is 0 Å². The van der Waals surface area contributed by atoms with Crippen LogP contribution in [-0.2, 0) is 11.3 Å². The average Bonchev–Trinajstić information content (AvgIpc) is 2.95. The van der Waals surface area contributed by atoms with Crippen molar-refractivity contribution in [2.75, 3.05) is 12.4 Å². The summed E-state index contributed by atoms with van der Waals surface area (Å²) in [6.45, 7) is 7.51. The fraction of sp³-hybridized carbons (Fsp3) is 0.381. The highest BCUT2D eigenvalue weighted by Gasteiger charge is 2.18. The van der Waals surface area contributed by atoms with Gasteiger partial charge in [0.25, 0.3) is 5.91 Å². The Balaban J connectivity index is 2.09. The van der Waals surface area contributed by atoms with E-state index in [2.05, 4.69) is 5.32 Å². The maximum Gasteiger partial charge on any atom is 0.339 e. The van der Waals surface area contributed by atoms with Crippen molar-refractivity contribution in [1.29, 1.82) is 0 Å². The minimum Gasteiger partial charge on any atom is -0.478 e. The van der Waals surface area contributed by atoms with E-state index in [9.17, 15) is 14.4 Å². The monoisotopic (exact) mass is 386 g/mol. The highest BCUT2D eigenvalue weighted by molar-refractivity contribution is 5.96. The second kappa shape index (κ2) is 8.73. The number of hydrogen-bond donors (Lipinski definition) is 2. The molecule has 1 heterocycles. The van der Waals surface area contributed by atoms with E-state index in [-0.39, 0.29) is 29.8 Å². The topological polar surface area (TPSA) is 99.8 Å². The number of aromatic carboxylic acids is 1. The van der Waals surface area contributed by atoms with E-state index in [1.165, 1.54) is 11.0 Å². The number of amides is 2. The highest BCUT2D eigenvalue weighted by atomic mass is 16.4. The highest BCUT2D eigenvalue weighted by Crippen LogP contribution is 2.20. The first-order valence-electron chi connectivity index (χ1n) is 9.07. The Labute approximate surface area is 164 Å². The molecule has 2 rings (SSSR count). The van der Waals surface area contributed by atoms with Gasteiger partial charge in [0.15, 0.2) is 0 Å². The zero-order valence-corrected chi connectivity index (χ0v) is 16.8. The minimum absolute atomic E-state index is 0.0586. The van der Waals surface area contributed by atoms with Crippen LogP contribution < -0.4 is 5.32 Å². The third kappa shape index (κ3) is 5.22. The molecule has 1 aromatic carbocycles. The summed E-state index contributed by atoms with van der Waals surface area (Å²) in [5, 5.41) is 12.0. The molecule has 0 spiro atoms. The number of anilines is 1. The van der Waals surface area contributed by atoms with E-state index < -0.39 is 5.97 Å². The minimum atomic E-state index is -1.06. The molecule has 2 aromatic rings. The molecule has 0 aliphatic rings. The van der Waals surface area contributed by atoms with Crippen LogP contribution in [0, 0.1) is 19.8 Å². The van der Waals surface area contributed by atoms with Crippen molar-refractivity contribution in [3.05, 3.63) is 52.5 Å². The number of hydrogen-bond acceptors (Lipinski definition) is 4. The zero-order chi connectivity index (χ0) is 21.0. The Morgan fingerprint density at radius 1 is 1.18 bits per heavy atom. The van der Waals surface area contributed by atoms with Gasteiger partial charge in [-0.3, -0.25) is 9.59 Å². The molecule has 28 heavy (non-hydrogen) atoms. The maximum atomic E-state index is 12.7. The van der Waals surface area contributed by atoms with Crippen molar-refractivity contribution < 1.29 is 23.9 Å². The first-order chi connectivity index (χ1) is 13.1. The van der Waals surface area contributed by atoms with Gasteiger partial charge in [-0.25, -0.2) is 4.79 Å². The Kier molecular flexibility index (Phi) is 6.62. The summed E-state index contributed by atoms with van der Waals surface area (Å²) in [6, 6.07) is 6.53. The second-order valence-corrected chi connectivity index (χ2v) is 7.32. The predicted octanol–water partition coefficient (Wildman–Crippen LogP) is 3.85. The van der Waals surface area contributed by atoms with Gasteiger partial charge in [0.1, 0.15) is 17.1 Å². The van der Waals surface area contributed by atoms with Crippen molar-refractivity contribution in [2.24, 2.45) is 5.92 Å². The normalized spacial score (nSPS) is 10.8. The van der Waals surface area contributed by atoms with Gasteiger partial charge in [-0.1, -0.05) is 13.8 Å². The molecule has 150 valence electrons. The molecule has 0 fully saturated rings. The number of carbonyl (C=O) groups excluding carboxylic acids is 2. The number of carboxylic acids is 1. The molecule has 0 atom stereocenters. The van der Waals surface area contributed by atoms with Crippen LogP contribution >= 0.6 is 0 Å². The lowest BCUT2D eigenvalue weighted by molar-refractivity contribution is -0.116. The number of benzene rings is 1. The fourth-order valence-electron chi connectivity index (χ4n) is 2.87. The number of carboxylic acid groups (broad SMARTS) is 1. The lowest BCUT2D eigenvalue weighted by Crippen LogP contribution is -2.26. The van der Waals surface area contributed by atoms with Crippen LogP contribution in [0.25, 0.3) is 0 Å². The quantitative estimate of drug-likeness (QED) is 0.753. The van der Waals surface area contributed by atoms with Gasteiger partial charge >= 0.3 is 5.97 Å². The summed E-state index contributed by atoms with van der Waals surface area (Å²) in [4.78, 5) is 37.2. The number of aryl methyl sites for hydroxylation is 2. The van der Waals surface area contributed by atoms with Gasteiger partial charge < -0.3 is 19.7 Å². The molecule has 2 N–H and O–H groups in total. The summed E-state index contributed by atoms with van der Waals surface area (Å²) >= 11 is 0. The molecule has 2 amide bonds. The molecular weight excluding hydrogens is 360 g/mol. The predicted molar refractivity (Wildman–Crippen MR) is 105 cm³/mol. The smallest absolute Gasteiger partial charge is 0.339 e. The molecule has 0 aliphatic heterocycles. The lowest BCUT2D eigenvalue weighted by Gasteiger charge is -2.17. The molecule has 7 heteroatoms. The van der Waals surface area contributed by atoms with Gasteiger partial charge in [-0.15, -0.1) is 0 Å². The molecule has 0 radical (unpaired) electrons. The van der Waals surface area contributed by atoms with Gasteiger partial charge in [0.2, 0.25) is 5.91 Å². The molecule has 0 bridgehead atoms. The second-order valence-electron chi connectivity index (χ2n) is 7.32. The first-order valence-corrected chi connectivity index (χ1v) is 9.07. The van der Waals surface area contributed by atoms with Gasteiger partial charge in [0, 0.05) is 24.7 Å². The zero-order valence-electron chi connectivity index (χ0n) is 16.8. The fourth-order valence-corrected chi connectivity index (χ4v) is 2.87. The van der Waals surface area contributed by atoms with Crippen molar-refractivity contribution in [3.63, 3.8) is 0 Å². The van der Waals surface area contributed by atoms with Crippen LogP contribution in [0.4, 0.5) is 5.69 Å². The molecule has 0 unspecified atom stereocenters. The van der Waals surface area contributed by atoms with E-state index in [1.54, 1.807) is 32.2 Å². The molecule has 0 saturated heterocycles. The van der Waals surface area contributed by atoms with E-state index in [4.69, 9.17) is 9.52 Å². The van der Waals surface area contributed by atoms with Crippen LogP contribution in [0.1, 0.15) is 58.1 Å². The van der Waals surface area contributed by atoms with Crippen LogP contribution in [0.2, 0.25) is 0 Å². The number of furan rings is 1. The van der Waals surface area contributed by atoms with Crippen LogP contribution in [0.5, 0.6) is 0 Å². The first kappa shape index (κ1) is 21.2. The van der Waals surface area contributed by atoms with Crippen molar-refractivity contribution in [2.45, 2.75) is 40.7 Å². The molecule has 0 aliphatic carbocycles. The van der Waals surface area contributed by atoms with Gasteiger partial charge in [-0.05, 0) is 49.6 Å². The number of rotatable bonds is 7. The maximum absolute atomic E-state index is 12.7. The molecule has 0 saturated carbocycles. The average molecular weight is 386 g/mol. The Morgan fingerprint density at radius 3 is 2.39 bits per heavy atom. The Morgan fingerprint density at radius 2 is 1.86 bits per heavy atom. The summed E-state index contributed by atoms with van der Waals surface area (Å²) in [6.07, 6.45) is 0.434. The molecular formula is C21H26N2O5. The Hall–Kier alpha value is -3.09. The van der Waals surface area contributed by atoms with E-state index in [0.717, 1.165) is 5.56 Å². The van der Waals surface area contributed by atoms with E-state index in [1.807, 2.05) is 20.8 Å². The van der Waals surface area contributed by atoms with Crippen molar-refractivity contribution >= 4 is 23.5 Å². The number of nitrogens with one attached hydrogen (secondary N) is 1. The summed E-state index contributed by atoms with van der Waals surface area (Å²) in [5.41, 5.74) is 2.03. The van der Waals surface area contributed by atoms with Crippen molar-refractivity contribution in [1.82, 2.24) is 4.90 Å². The summed E-state index contributed by atoms with van der Waals surface area (Å²) < 4.78 is 5.43. The Bertz CT molecular complexity index is 898. The van der Waals surface area contributed by atoms with Gasteiger partial charge in [-0.2, -0.15) is 0 Å². The lowest BCUT2D eigenvalue weighted by atomic mass is 10.1.